The Kier molecular flexibility index (Phi) is 7.83. The Morgan fingerprint density at radius 2 is 1.68 bits per heavy atom. The molecule has 2 aromatic carbocycles. The largest absolute Gasteiger partial charge is 0.490 e. The molecule has 2 aromatic rings. The van der Waals surface area contributed by atoms with Crippen LogP contribution >= 0.6 is 0 Å². The topological polar surface area (TPSA) is 75.9 Å². The lowest BCUT2D eigenvalue weighted by Gasteiger charge is -2.34. The Balaban J connectivity index is 1.16. The van der Waals surface area contributed by atoms with E-state index in [0.717, 1.165) is 45.3 Å². The minimum atomic E-state index is -0.379. The number of ether oxygens (including phenoxy) is 1. The number of carbonyl (C=O) groups excluding carboxylic acids is 1. The van der Waals surface area contributed by atoms with E-state index in [0.29, 0.717) is 36.7 Å². The fraction of sp³-hybridized carbons (Fsp3) is 0.519. The minimum Gasteiger partial charge on any atom is -0.490 e. The van der Waals surface area contributed by atoms with Gasteiger partial charge < -0.3 is 14.5 Å². The first-order chi connectivity index (χ1) is 16.4. The molecule has 2 fully saturated rings. The maximum atomic E-state index is 12.8. The van der Waals surface area contributed by atoms with E-state index in [1.54, 1.807) is 19.1 Å². The molecule has 0 atom stereocenters. The molecule has 7 nitrogen and oxygen atoms in total. The minimum absolute atomic E-state index is 0.0331. The average Bonchev–Trinajstić information content (AvgIpc) is 2.84. The molecule has 0 aliphatic carbocycles. The van der Waals surface area contributed by atoms with Crippen molar-refractivity contribution in [2.45, 2.75) is 58.0 Å². The van der Waals surface area contributed by atoms with Crippen LogP contribution in [0.15, 0.2) is 42.5 Å². The van der Waals surface area contributed by atoms with Crippen LogP contribution in [0.3, 0.4) is 0 Å². The smallest absolute Gasteiger partial charge is 0.272 e. The van der Waals surface area contributed by atoms with Crippen molar-refractivity contribution in [3.63, 3.8) is 0 Å². The second kappa shape index (κ2) is 11.0. The summed E-state index contributed by atoms with van der Waals surface area (Å²) in [5.41, 5.74) is 3.44. The van der Waals surface area contributed by atoms with Gasteiger partial charge in [0, 0.05) is 50.5 Å². The van der Waals surface area contributed by atoms with Crippen molar-refractivity contribution in [1.29, 1.82) is 0 Å². The van der Waals surface area contributed by atoms with Gasteiger partial charge in [-0.2, -0.15) is 0 Å². The van der Waals surface area contributed by atoms with Gasteiger partial charge in [-0.25, -0.2) is 0 Å². The maximum absolute atomic E-state index is 12.8. The average molecular weight is 466 g/mol. The number of nitrogens with zero attached hydrogens (tertiary/aromatic N) is 3. The van der Waals surface area contributed by atoms with E-state index in [4.69, 9.17) is 4.74 Å². The van der Waals surface area contributed by atoms with Gasteiger partial charge in [0.25, 0.3) is 5.69 Å². The highest BCUT2D eigenvalue weighted by Gasteiger charge is 2.26. The van der Waals surface area contributed by atoms with E-state index in [-0.39, 0.29) is 22.6 Å². The summed E-state index contributed by atoms with van der Waals surface area (Å²) in [6.45, 7) is 8.18. The van der Waals surface area contributed by atoms with E-state index >= 15 is 0 Å². The summed E-state index contributed by atoms with van der Waals surface area (Å²) in [4.78, 5) is 27.8. The zero-order chi connectivity index (χ0) is 24.1. The van der Waals surface area contributed by atoms with Gasteiger partial charge in [0.2, 0.25) is 5.91 Å². The first-order valence-corrected chi connectivity index (χ1v) is 12.4. The summed E-state index contributed by atoms with van der Waals surface area (Å²) < 4.78 is 6.04. The van der Waals surface area contributed by atoms with Crippen LogP contribution in [0.4, 0.5) is 5.69 Å². The number of hydrogen-bond donors (Lipinski definition) is 0. The number of piperidine rings is 2. The number of aryl methyl sites for hydroxylation is 2. The molecule has 0 bridgehead atoms. The molecular formula is C27H35N3O4. The molecule has 7 heteroatoms. The molecule has 2 aliphatic rings. The molecule has 0 saturated carbocycles. The summed E-state index contributed by atoms with van der Waals surface area (Å²) >= 11 is 0. The molecule has 0 radical (unpaired) electrons. The van der Waals surface area contributed by atoms with Gasteiger partial charge in [0.15, 0.2) is 0 Å². The maximum Gasteiger partial charge on any atom is 0.272 e. The molecule has 0 N–H and O–H groups in total. The van der Waals surface area contributed by atoms with Crippen LogP contribution in [0.1, 0.15) is 54.7 Å². The molecule has 2 aliphatic heterocycles. The van der Waals surface area contributed by atoms with Gasteiger partial charge in [-0.3, -0.25) is 14.9 Å². The van der Waals surface area contributed by atoms with Gasteiger partial charge in [0.1, 0.15) is 11.9 Å². The third-order valence-electron chi connectivity index (χ3n) is 7.24. The molecule has 0 unspecified atom stereocenters. The monoisotopic (exact) mass is 465 g/mol. The SMILES string of the molecule is Cc1ccc(C2CCN(CCC(=O)N3CCC(Oc4ccc([N+](=O)[O-])c(C)c4)CC3)CC2)cc1. The zero-order valence-electron chi connectivity index (χ0n) is 20.2. The van der Waals surface area contributed by atoms with Crippen molar-refractivity contribution < 1.29 is 14.5 Å². The van der Waals surface area contributed by atoms with Gasteiger partial charge in [-0.15, -0.1) is 0 Å². The molecule has 0 aromatic heterocycles. The summed E-state index contributed by atoms with van der Waals surface area (Å²) in [6, 6.07) is 13.8. The van der Waals surface area contributed by atoms with Gasteiger partial charge >= 0.3 is 0 Å². The fourth-order valence-corrected chi connectivity index (χ4v) is 5.06. The first kappa shape index (κ1) is 24.2. The van der Waals surface area contributed by atoms with Crippen LogP contribution in [0.25, 0.3) is 0 Å². The Morgan fingerprint density at radius 3 is 2.29 bits per heavy atom. The van der Waals surface area contributed by atoms with Crippen LogP contribution in [0.5, 0.6) is 5.75 Å². The Labute approximate surface area is 201 Å². The van der Waals surface area contributed by atoms with Crippen LogP contribution in [0.2, 0.25) is 0 Å². The standard InChI is InChI=1S/C27H35N3O4/c1-20-3-5-22(6-4-20)23-9-14-28(15-10-23)16-13-27(31)29-17-11-24(12-18-29)34-25-7-8-26(30(32)33)21(2)19-25/h3-8,19,23-24H,9-18H2,1-2H3. The molecule has 2 saturated heterocycles. The predicted molar refractivity (Wildman–Crippen MR) is 132 cm³/mol. The van der Waals surface area contributed by atoms with E-state index in [1.165, 1.54) is 17.2 Å². The summed E-state index contributed by atoms with van der Waals surface area (Å²) in [5.74, 6) is 1.51. The number of carbonyl (C=O) groups is 1. The van der Waals surface area contributed by atoms with Crippen LogP contribution < -0.4 is 4.74 Å². The Bertz CT molecular complexity index is 991. The van der Waals surface area contributed by atoms with Gasteiger partial charge in [-0.05, 0) is 63.4 Å². The lowest BCUT2D eigenvalue weighted by atomic mass is 9.89. The van der Waals surface area contributed by atoms with Crippen molar-refractivity contribution in [3.05, 3.63) is 69.3 Å². The fourth-order valence-electron chi connectivity index (χ4n) is 5.06. The number of nitro groups is 1. The van der Waals surface area contributed by atoms with Gasteiger partial charge in [-0.1, -0.05) is 29.8 Å². The lowest BCUT2D eigenvalue weighted by Crippen LogP contribution is -2.43. The lowest BCUT2D eigenvalue weighted by molar-refractivity contribution is -0.385. The van der Waals surface area contributed by atoms with Crippen molar-refractivity contribution in [2.24, 2.45) is 0 Å². The molecule has 2 heterocycles. The number of benzene rings is 2. The summed E-state index contributed by atoms with van der Waals surface area (Å²) in [6.07, 6.45) is 4.48. The molecular weight excluding hydrogens is 430 g/mol. The quantitative estimate of drug-likeness (QED) is 0.432. The molecule has 1 amide bonds. The highest BCUT2D eigenvalue weighted by atomic mass is 16.6. The van der Waals surface area contributed by atoms with Crippen molar-refractivity contribution in [2.75, 3.05) is 32.7 Å². The number of nitro benzene ring substituents is 1. The number of hydrogen-bond acceptors (Lipinski definition) is 5. The highest BCUT2D eigenvalue weighted by Crippen LogP contribution is 2.29. The zero-order valence-corrected chi connectivity index (χ0v) is 20.2. The van der Waals surface area contributed by atoms with Crippen LogP contribution in [0, 0.1) is 24.0 Å². The molecule has 34 heavy (non-hydrogen) atoms. The van der Waals surface area contributed by atoms with E-state index < -0.39 is 0 Å². The van der Waals surface area contributed by atoms with Crippen molar-refractivity contribution in [1.82, 2.24) is 9.80 Å². The molecule has 4 rings (SSSR count). The van der Waals surface area contributed by atoms with Crippen LogP contribution in [-0.4, -0.2) is 59.5 Å². The second-order valence-corrected chi connectivity index (χ2v) is 9.68. The predicted octanol–water partition coefficient (Wildman–Crippen LogP) is 4.85. The van der Waals surface area contributed by atoms with Crippen LogP contribution in [-0.2, 0) is 4.79 Å². The van der Waals surface area contributed by atoms with Gasteiger partial charge in [0.05, 0.1) is 4.92 Å². The van der Waals surface area contributed by atoms with Crippen molar-refractivity contribution >= 4 is 11.6 Å². The Morgan fingerprint density at radius 1 is 1.00 bits per heavy atom. The molecule has 182 valence electrons. The number of likely N-dealkylation sites (tertiary alicyclic amines) is 2. The van der Waals surface area contributed by atoms with E-state index in [1.807, 2.05) is 4.90 Å². The third kappa shape index (κ3) is 6.14. The van der Waals surface area contributed by atoms with E-state index in [2.05, 4.69) is 36.1 Å². The number of amides is 1. The first-order valence-electron chi connectivity index (χ1n) is 12.4. The normalized spacial score (nSPS) is 18.1. The summed E-state index contributed by atoms with van der Waals surface area (Å²) in [5, 5.41) is 11.0. The highest BCUT2D eigenvalue weighted by molar-refractivity contribution is 5.76. The second-order valence-electron chi connectivity index (χ2n) is 9.68. The van der Waals surface area contributed by atoms with E-state index in [9.17, 15) is 14.9 Å². The Hall–Kier alpha value is -2.93. The van der Waals surface area contributed by atoms with Crippen molar-refractivity contribution in [3.8, 4) is 5.75 Å². The third-order valence-corrected chi connectivity index (χ3v) is 7.24. The number of rotatable bonds is 7. The summed E-state index contributed by atoms with van der Waals surface area (Å²) in [7, 11) is 0. The molecule has 0 spiro atoms.